The van der Waals surface area contributed by atoms with Crippen LogP contribution >= 0.6 is 0 Å². The first kappa shape index (κ1) is 16.0. The summed E-state index contributed by atoms with van der Waals surface area (Å²) >= 11 is 0. The zero-order chi connectivity index (χ0) is 18.4. The Bertz CT molecular complexity index is 1060. The van der Waals surface area contributed by atoms with Crippen molar-refractivity contribution in [3.8, 4) is 11.5 Å². The fraction of sp³-hybridized carbons (Fsp3) is 0.235. The molecule has 2 aliphatic rings. The molecule has 0 unspecified atom stereocenters. The van der Waals surface area contributed by atoms with Crippen molar-refractivity contribution in [1.82, 2.24) is 9.97 Å². The molecule has 26 heavy (non-hydrogen) atoms. The third kappa shape index (κ3) is 2.20. The lowest BCUT2D eigenvalue weighted by molar-refractivity contribution is -0.136. The van der Waals surface area contributed by atoms with E-state index < -0.39 is 23.1 Å². The number of esters is 1. The molecule has 0 fully saturated rings. The number of aromatic nitrogens is 2. The summed E-state index contributed by atoms with van der Waals surface area (Å²) in [6, 6.07) is 5.18. The second kappa shape index (κ2) is 5.80. The lowest BCUT2D eigenvalue weighted by atomic mass is 9.82. The maximum absolute atomic E-state index is 12.6. The van der Waals surface area contributed by atoms with Gasteiger partial charge in [0.25, 0.3) is 5.56 Å². The van der Waals surface area contributed by atoms with Gasteiger partial charge in [-0.2, -0.15) is 0 Å². The molecule has 1 atom stereocenters. The number of nitrogens with one attached hydrogen (secondary N) is 3. The lowest BCUT2D eigenvalue weighted by Gasteiger charge is -2.27. The van der Waals surface area contributed by atoms with Gasteiger partial charge in [-0.25, -0.2) is 9.59 Å². The Hall–Kier alpha value is -3.49. The largest absolute Gasteiger partial charge is 0.493 e. The average Bonchev–Trinajstić information content (AvgIpc) is 2.99. The summed E-state index contributed by atoms with van der Waals surface area (Å²) in [5.74, 6) is -0.226. The minimum absolute atomic E-state index is 0.0330. The highest BCUT2D eigenvalue weighted by Gasteiger charge is 2.42. The number of hydrogen-bond acceptors (Lipinski definition) is 7. The van der Waals surface area contributed by atoms with Crippen LogP contribution in [0.5, 0.6) is 11.5 Å². The van der Waals surface area contributed by atoms with Gasteiger partial charge in [0.1, 0.15) is 12.4 Å². The molecule has 0 bridgehead atoms. The van der Waals surface area contributed by atoms with E-state index in [1.807, 2.05) is 0 Å². The van der Waals surface area contributed by atoms with Crippen molar-refractivity contribution < 1.29 is 19.0 Å². The van der Waals surface area contributed by atoms with Crippen LogP contribution in [0.2, 0.25) is 0 Å². The Morgan fingerprint density at radius 1 is 1.12 bits per heavy atom. The molecule has 3 heterocycles. The van der Waals surface area contributed by atoms with Crippen LogP contribution in [0.4, 0.5) is 5.82 Å². The SMILES string of the molecule is COc1cccc([C@H]2C3=C(COC3=O)Nc3[nH]c(=O)[nH]c(=O)c32)c1OC. The molecular weight excluding hydrogens is 342 g/mol. The lowest BCUT2D eigenvalue weighted by Crippen LogP contribution is -2.33. The highest BCUT2D eigenvalue weighted by atomic mass is 16.5. The topological polar surface area (TPSA) is 123 Å². The van der Waals surface area contributed by atoms with Crippen LogP contribution in [0.15, 0.2) is 39.1 Å². The van der Waals surface area contributed by atoms with Gasteiger partial charge < -0.3 is 19.5 Å². The Balaban J connectivity index is 2.05. The third-order valence-corrected chi connectivity index (χ3v) is 4.47. The normalized spacial score (nSPS) is 17.9. The molecule has 9 heteroatoms. The monoisotopic (exact) mass is 357 g/mol. The van der Waals surface area contributed by atoms with E-state index in [1.54, 1.807) is 18.2 Å². The predicted octanol–water partition coefficient (Wildman–Crippen LogP) is 0.449. The summed E-state index contributed by atoms with van der Waals surface area (Å²) in [7, 11) is 2.97. The van der Waals surface area contributed by atoms with E-state index in [2.05, 4.69) is 15.3 Å². The number of fused-ring (bicyclic) bond motifs is 1. The van der Waals surface area contributed by atoms with Gasteiger partial charge in [-0.15, -0.1) is 0 Å². The molecule has 0 saturated heterocycles. The van der Waals surface area contributed by atoms with Gasteiger partial charge in [0.2, 0.25) is 0 Å². The first-order valence-corrected chi connectivity index (χ1v) is 7.79. The van der Waals surface area contributed by atoms with Gasteiger partial charge in [-0.1, -0.05) is 12.1 Å². The van der Waals surface area contributed by atoms with Crippen molar-refractivity contribution in [3.63, 3.8) is 0 Å². The number of H-pyrrole nitrogens is 2. The van der Waals surface area contributed by atoms with E-state index in [9.17, 15) is 14.4 Å². The smallest absolute Gasteiger partial charge is 0.337 e. The molecule has 1 aromatic carbocycles. The van der Waals surface area contributed by atoms with Gasteiger partial charge >= 0.3 is 11.7 Å². The highest BCUT2D eigenvalue weighted by Crippen LogP contribution is 2.46. The first-order valence-electron chi connectivity index (χ1n) is 7.79. The van der Waals surface area contributed by atoms with Crippen molar-refractivity contribution in [1.29, 1.82) is 0 Å². The predicted molar refractivity (Wildman–Crippen MR) is 90.7 cm³/mol. The molecule has 0 radical (unpaired) electrons. The third-order valence-electron chi connectivity index (χ3n) is 4.47. The minimum atomic E-state index is -0.776. The van der Waals surface area contributed by atoms with Crippen molar-refractivity contribution in [2.45, 2.75) is 5.92 Å². The number of methoxy groups -OCH3 is 2. The number of cyclic esters (lactones) is 1. The van der Waals surface area contributed by atoms with Crippen LogP contribution in [-0.2, 0) is 9.53 Å². The molecule has 2 aliphatic heterocycles. The second-order valence-corrected chi connectivity index (χ2v) is 5.81. The second-order valence-electron chi connectivity index (χ2n) is 5.81. The number of carbonyl (C=O) groups excluding carboxylic acids is 1. The van der Waals surface area contributed by atoms with Crippen LogP contribution in [0.3, 0.4) is 0 Å². The molecule has 0 spiro atoms. The summed E-state index contributed by atoms with van der Waals surface area (Å²) in [4.78, 5) is 41.4. The summed E-state index contributed by atoms with van der Waals surface area (Å²) < 4.78 is 15.9. The Labute approximate surface area is 146 Å². The summed E-state index contributed by atoms with van der Waals surface area (Å²) in [6.45, 7) is 0.0330. The Morgan fingerprint density at radius 3 is 2.65 bits per heavy atom. The minimum Gasteiger partial charge on any atom is -0.493 e. The van der Waals surface area contributed by atoms with Gasteiger partial charge in [0.15, 0.2) is 11.5 Å². The molecule has 0 amide bonds. The van der Waals surface area contributed by atoms with E-state index in [0.717, 1.165) is 0 Å². The number of aromatic amines is 2. The van der Waals surface area contributed by atoms with Crippen molar-refractivity contribution in [2.75, 3.05) is 26.1 Å². The number of carbonyl (C=O) groups is 1. The number of anilines is 1. The van der Waals surface area contributed by atoms with Crippen molar-refractivity contribution in [3.05, 3.63) is 61.4 Å². The van der Waals surface area contributed by atoms with Crippen LogP contribution in [0, 0.1) is 0 Å². The van der Waals surface area contributed by atoms with Gasteiger partial charge in [-0.3, -0.25) is 14.8 Å². The summed E-state index contributed by atoms with van der Waals surface area (Å²) in [6.07, 6.45) is 0. The first-order chi connectivity index (χ1) is 12.5. The Kier molecular flexibility index (Phi) is 3.57. The maximum Gasteiger partial charge on any atom is 0.337 e. The fourth-order valence-electron chi connectivity index (χ4n) is 3.43. The van der Waals surface area contributed by atoms with E-state index in [4.69, 9.17) is 14.2 Å². The van der Waals surface area contributed by atoms with Gasteiger partial charge in [0, 0.05) is 5.56 Å². The Morgan fingerprint density at radius 2 is 1.92 bits per heavy atom. The molecule has 0 saturated carbocycles. The maximum atomic E-state index is 12.6. The number of rotatable bonds is 3. The van der Waals surface area contributed by atoms with E-state index in [-0.39, 0.29) is 18.0 Å². The van der Waals surface area contributed by atoms with E-state index >= 15 is 0 Å². The molecule has 9 nitrogen and oxygen atoms in total. The summed E-state index contributed by atoms with van der Waals surface area (Å²) in [5.41, 5.74) is 0.316. The van der Waals surface area contributed by atoms with Crippen LogP contribution < -0.4 is 26.0 Å². The van der Waals surface area contributed by atoms with Crippen molar-refractivity contribution >= 4 is 11.8 Å². The molecule has 1 aromatic heterocycles. The van der Waals surface area contributed by atoms with Crippen LogP contribution in [0.1, 0.15) is 17.0 Å². The van der Waals surface area contributed by atoms with Crippen LogP contribution in [-0.4, -0.2) is 36.8 Å². The molecule has 0 aliphatic carbocycles. The number of benzene rings is 1. The highest BCUT2D eigenvalue weighted by molar-refractivity contribution is 5.97. The standard InChI is InChI=1S/C17H15N3O6/c1-24-9-5-3-4-7(13(9)25-2)10-11-8(6-26-16(11)22)18-14-12(10)15(21)20-17(23)19-14/h3-5,10H,6H2,1-2H3,(H3,18,19,20,21,23)/t10-/m0/s1. The van der Waals surface area contributed by atoms with E-state index in [0.29, 0.717) is 28.3 Å². The van der Waals surface area contributed by atoms with Gasteiger partial charge in [0.05, 0.1) is 37.0 Å². The number of hydrogen-bond donors (Lipinski definition) is 3. The van der Waals surface area contributed by atoms with Crippen LogP contribution in [0.25, 0.3) is 0 Å². The zero-order valence-electron chi connectivity index (χ0n) is 14.0. The molecule has 4 rings (SSSR count). The number of para-hydroxylation sites is 1. The fourth-order valence-corrected chi connectivity index (χ4v) is 3.43. The molecule has 2 aromatic rings. The van der Waals surface area contributed by atoms with Crippen molar-refractivity contribution in [2.24, 2.45) is 0 Å². The zero-order valence-corrected chi connectivity index (χ0v) is 14.0. The van der Waals surface area contributed by atoms with E-state index in [1.165, 1.54) is 14.2 Å². The number of ether oxygens (including phenoxy) is 3. The summed E-state index contributed by atoms with van der Waals surface area (Å²) in [5, 5.41) is 2.92. The molecule has 3 N–H and O–H groups in total. The van der Waals surface area contributed by atoms with Gasteiger partial charge in [-0.05, 0) is 6.07 Å². The molecular formula is C17H15N3O6. The average molecular weight is 357 g/mol. The quantitative estimate of drug-likeness (QED) is 0.682. The molecule has 134 valence electrons.